The van der Waals surface area contributed by atoms with Gasteiger partial charge in [-0.15, -0.1) is 0 Å². The van der Waals surface area contributed by atoms with Gasteiger partial charge in [0, 0.05) is 44.3 Å². The Bertz CT molecular complexity index is 795. The number of nitrogens with one attached hydrogen (secondary N) is 1. The molecule has 0 radical (unpaired) electrons. The van der Waals surface area contributed by atoms with E-state index in [0.29, 0.717) is 32.1 Å². The molecule has 1 amide bonds. The summed E-state index contributed by atoms with van der Waals surface area (Å²) >= 11 is 5.58. The first-order valence-electron chi connectivity index (χ1n) is 8.24. The topological polar surface area (TPSA) is 61.4 Å². The number of hydrogen-bond donors (Lipinski definition) is 1. The molecule has 1 aliphatic rings. The highest BCUT2D eigenvalue weighted by Crippen LogP contribution is 2.36. The third-order valence-electron chi connectivity index (χ3n) is 4.13. The van der Waals surface area contributed by atoms with Gasteiger partial charge in [-0.25, -0.2) is 9.97 Å². The lowest BCUT2D eigenvalue weighted by Crippen LogP contribution is -2.49. The molecule has 10 heteroatoms. The molecule has 3 rings (SSSR count). The van der Waals surface area contributed by atoms with Crippen LogP contribution in [0.25, 0.3) is 0 Å². The van der Waals surface area contributed by atoms with Crippen molar-refractivity contribution >= 4 is 29.1 Å². The molecule has 1 aromatic carbocycles. The quantitative estimate of drug-likeness (QED) is 0.856. The zero-order valence-corrected chi connectivity index (χ0v) is 15.0. The van der Waals surface area contributed by atoms with E-state index in [1.165, 1.54) is 6.07 Å². The van der Waals surface area contributed by atoms with Gasteiger partial charge in [-0.2, -0.15) is 13.2 Å². The van der Waals surface area contributed by atoms with Crippen molar-refractivity contribution in [3.05, 3.63) is 47.2 Å². The minimum Gasteiger partial charge on any atom is -0.338 e. The Balaban J connectivity index is 1.53. The summed E-state index contributed by atoms with van der Waals surface area (Å²) < 4.78 is 38.7. The summed E-state index contributed by atoms with van der Waals surface area (Å²) in [4.78, 5) is 24.5. The van der Waals surface area contributed by atoms with E-state index in [4.69, 9.17) is 11.6 Å². The summed E-state index contributed by atoms with van der Waals surface area (Å²) in [7, 11) is 0. The molecular weight excluding hydrogens is 383 g/mol. The molecule has 0 saturated carbocycles. The maximum absolute atomic E-state index is 12.9. The van der Waals surface area contributed by atoms with Gasteiger partial charge >= 0.3 is 6.18 Å². The fraction of sp³-hybridized carbons (Fsp3) is 0.353. The first kappa shape index (κ1) is 19.4. The summed E-state index contributed by atoms with van der Waals surface area (Å²) in [6, 6.07) is 5.05. The van der Waals surface area contributed by atoms with E-state index in [9.17, 15) is 18.0 Å². The predicted octanol–water partition coefficient (Wildman–Crippen LogP) is 2.91. The maximum Gasteiger partial charge on any atom is 0.417 e. The van der Waals surface area contributed by atoms with E-state index >= 15 is 0 Å². The minimum absolute atomic E-state index is 0.0630. The van der Waals surface area contributed by atoms with Crippen LogP contribution in [0.3, 0.4) is 0 Å². The predicted molar refractivity (Wildman–Crippen MR) is 95.8 cm³/mol. The highest BCUT2D eigenvalue weighted by Gasteiger charge is 2.33. The number of hydrogen-bond acceptors (Lipinski definition) is 5. The maximum atomic E-state index is 12.9. The number of piperazine rings is 1. The van der Waals surface area contributed by atoms with Crippen molar-refractivity contribution in [2.45, 2.75) is 6.18 Å². The zero-order valence-electron chi connectivity index (χ0n) is 14.2. The SMILES string of the molecule is O=C(CN1CCN(c2ncccn2)CC1)Nc1ccc(Cl)c(C(F)(F)F)c1. The lowest BCUT2D eigenvalue weighted by molar-refractivity contribution is -0.137. The molecule has 1 aliphatic heterocycles. The number of amides is 1. The molecule has 1 fully saturated rings. The van der Waals surface area contributed by atoms with Gasteiger partial charge in [0.25, 0.3) is 0 Å². The Morgan fingerprint density at radius 3 is 2.44 bits per heavy atom. The zero-order chi connectivity index (χ0) is 19.4. The van der Waals surface area contributed by atoms with Crippen molar-refractivity contribution in [1.29, 1.82) is 0 Å². The second kappa shape index (κ2) is 8.10. The van der Waals surface area contributed by atoms with Gasteiger partial charge in [-0.1, -0.05) is 11.6 Å². The lowest BCUT2D eigenvalue weighted by Gasteiger charge is -2.34. The highest BCUT2D eigenvalue weighted by molar-refractivity contribution is 6.31. The van der Waals surface area contributed by atoms with Gasteiger partial charge in [0.15, 0.2) is 0 Å². The molecule has 0 aliphatic carbocycles. The van der Waals surface area contributed by atoms with Gasteiger partial charge in [0.1, 0.15) is 0 Å². The fourth-order valence-electron chi connectivity index (χ4n) is 2.78. The molecule has 1 saturated heterocycles. The largest absolute Gasteiger partial charge is 0.417 e. The molecule has 2 aromatic rings. The molecule has 2 heterocycles. The molecule has 0 unspecified atom stereocenters. The summed E-state index contributed by atoms with van der Waals surface area (Å²) in [5.74, 6) is 0.261. The fourth-order valence-corrected chi connectivity index (χ4v) is 3.01. The summed E-state index contributed by atoms with van der Waals surface area (Å²) in [5, 5.41) is 2.09. The van der Waals surface area contributed by atoms with Gasteiger partial charge in [-0.3, -0.25) is 9.69 Å². The van der Waals surface area contributed by atoms with Gasteiger partial charge in [0.2, 0.25) is 11.9 Å². The normalized spacial score (nSPS) is 15.6. The van der Waals surface area contributed by atoms with E-state index in [0.717, 1.165) is 12.1 Å². The summed E-state index contributed by atoms with van der Waals surface area (Å²) in [6.07, 6.45) is -1.24. The van der Waals surface area contributed by atoms with Gasteiger partial charge in [-0.05, 0) is 24.3 Å². The average molecular weight is 400 g/mol. The van der Waals surface area contributed by atoms with Gasteiger partial charge in [0.05, 0.1) is 17.1 Å². The second-order valence-corrected chi connectivity index (χ2v) is 6.46. The van der Waals surface area contributed by atoms with Crippen LogP contribution >= 0.6 is 11.6 Å². The monoisotopic (exact) mass is 399 g/mol. The number of rotatable bonds is 4. The van der Waals surface area contributed by atoms with E-state index in [2.05, 4.69) is 15.3 Å². The Labute approximate surface area is 159 Å². The van der Waals surface area contributed by atoms with Crippen LogP contribution in [0.4, 0.5) is 24.8 Å². The molecule has 1 N–H and O–H groups in total. The first-order valence-corrected chi connectivity index (χ1v) is 8.61. The third-order valence-corrected chi connectivity index (χ3v) is 4.46. The molecule has 1 aromatic heterocycles. The molecule has 0 bridgehead atoms. The van der Waals surface area contributed by atoms with Crippen LogP contribution in [-0.2, 0) is 11.0 Å². The Morgan fingerprint density at radius 2 is 1.81 bits per heavy atom. The van der Waals surface area contributed by atoms with Crippen LogP contribution in [0.1, 0.15) is 5.56 Å². The number of aromatic nitrogens is 2. The number of nitrogens with zero attached hydrogens (tertiary/aromatic N) is 4. The molecule has 0 atom stereocenters. The number of benzene rings is 1. The third kappa shape index (κ3) is 5.08. The molecule has 144 valence electrons. The summed E-state index contributed by atoms with van der Waals surface area (Å²) in [6.45, 7) is 2.67. The van der Waals surface area contributed by atoms with E-state index < -0.39 is 16.8 Å². The number of carbonyl (C=O) groups is 1. The van der Waals surface area contributed by atoms with Crippen molar-refractivity contribution in [2.75, 3.05) is 42.9 Å². The molecular formula is C17H17ClF3N5O. The first-order chi connectivity index (χ1) is 12.8. The lowest BCUT2D eigenvalue weighted by atomic mass is 10.2. The second-order valence-electron chi connectivity index (χ2n) is 6.05. The van der Waals surface area contributed by atoms with E-state index in [-0.39, 0.29) is 18.1 Å². The van der Waals surface area contributed by atoms with Crippen molar-refractivity contribution in [2.24, 2.45) is 0 Å². The molecule has 6 nitrogen and oxygen atoms in total. The number of halogens is 4. The Hall–Kier alpha value is -2.39. The van der Waals surface area contributed by atoms with Crippen molar-refractivity contribution in [3.63, 3.8) is 0 Å². The summed E-state index contributed by atoms with van der Waals surface area (Å²) in [5.41, 5.74) is -0.911. The van der Waals surface area contributed by atoms with Crippen LogP contribution in [0.15, 0.2) is 36.7 Å². The highest BCUT2D eigenvalue weighted by atomic mass is 35.5. The Kier molecular flexibility index (Phi) is 5.81. The van der Waals surface area contributed by atoms with E-state index in [1.807, 2.05) is 9.80 Å². The smallest absolute Gasteiger partial charge is 0.338 e. The molecule has 0 spiro atoms. The minimum atomic E-state index is -4.58. The van der Waals surface area contributed by atoms with Crippen LogP contribution in [-0.4, -0.2) is 53.5 Å². The van der Waals surface area contributed by atoms with Crippen molar-refractivity contribution < 1.29 is 18.0 Å². The van der Waals surface area contributed by atoms with E-state index in [1.54, 1.807) is 18.5 Å². The van der Waals surface area contributed by atoms with Crippen LogP contribution in [0, 0.1) is 0 Å². The number of alkyl halides is 3. The van der Waals surface area contributed by atoms with Crippen LogP contribution in [0.5, 0.6) is 0 Å². The van der Waals surface area contributed by atoms with Crippen LogP contribution < -0.4 is 10.2 Å². The van der Waals surface area contributed by atoms with Gasteiger partial charge < -0.3 is 10.2 Å². The standard InChI is InChI=1S/C17H17ClF3N5O/c18-14-3-2-12(10-13(14)17(19,20)21)24-15(27)11-25-6-8-26(9-7-25)16-22-4-1-5-23-16/h1-5,10H,6-9,11H2,(H,24,27). The Morgan fingerprint density at radius 1 is 1.15 bits per heavy atom. The van der Waals surface area contributed by atoms with Crippen LogP contribution in [0.2, 0.25) is 5.02 Å². The number of carbonyl (C=O) groups excluding carboxylic acids is 1. The molecule has 27 heavy (non-hydrogen) atoms. The average Bonchev–Trinajstić information content (AvgIpc) is 2.64. The van der Waals surface area contributed by atoms with Crippen molar-refractivity contribution in [1.82, 2.24) is 14.9 Å². The van der Waals surface area contributed by atoms with Crippen molar-refractivity contribution in [3.8, 4) is 0 Å². The number of anilines is 2.